The van der Waals surface area contributed by atoms with E-state index in [1.165, 1.54) is 0 Å². The summed E-state index contributed by atoms with van der Waals surface area (Å²) in [5, 5.41) is 3.33. The Morgan fingerprint density at radius 3 is 2.47 bits per heavy atom. The molecule has 0 saturated carbocycles. The highest BCUT2D eigenvalue weighted by molar-refractivity contribution is 9.11. The third kappa shape index (κ3) is 3.23. The summed E-state index contributed by atoms with van der Waals surface area (Å²) in [5.41, 5.74) is 9.72. The molecule has 0 aliphatic heterocycles. The monoisotopic (exact) mass is 354 g/mol. The van der Waals surface area contributed by atoms with E-state index in [1.54, 1.807) is 0 Å². The predicted molar refractivity (Wildman–Crippen MR) is 80.7 cm³/mol. The molecule has 0 radical (unpaired) electrons. The van der Waals surface area contributed by atoms with Crippen LogP contribution in [-0.2, 0) is 0 Å². The predicted octanol–water partition coefficient (Wildman–Crippen LogP) is 4.85. The van der Waals surface area contributed by atoms with Crippen molar-refractivity contribution in [2.45, 2.75) is 6.92 Å². The molecule has 0 amide bonds. The first kappa shape index (κ1) is 12.5. The van der Waals surface area contributed by atoms with Crippen LogP contribution in [0.2, 0.25) is 0 Å². The molecule has 17 heavy (non-hydrogen) atoms. The lowest BCUT2D eigenvalue weighted by atomic mass is 10.2. The molecule has 0 saturated heterocycles. The van der Waals surface area contributed by atoms with Gasteiger partial charge in [0, 0.05) is 20.3 Å². The van der Waals surface area contributed by atoms with E-state index in [9.17, 15) is 0 Å². The molecule has 0 atom stereocenters. The molecule has 0 bridgehead atoms. The van der Waals surface area contributed by atoms with Gasteiger partial charge in [0.2, 0.25) is 0 Å². The highest BCUT2D eigenvalue weighted by Gasteiger charge is 2.02. The van der Waals surface area contributed by atoms with Crippen molar-refractivity contribution in [1.82, 2.24) is 0 Å². The molecule has 3 N–H and O–H groups in total. The van der Waals surface area contributed by atoms with Crippen LogP contribution in [0.4, 0.5) is 17.1 Å². The third-order valence-corrected chi connectivity index (χ3v) is 3.46. The van der Waals surface area contributed by atoms with Gasteiger partial charge in [0.05, 0.1) is 5.69 Å². The molecule has 0 heterocycles. The topological polar surface area (TPSA) is 38.0 Å². The molecule has 0 fully saturated rings. The van der Waals surface area contributed by atoms with Crippen molar-refractivity contribution in [3.05, 3.63) is 50.9 Å². The van der Waals surface area contributed by atoms with E-state index in [1.807, 2.05) is 37.3 Å². The number of nitrogens with two attached hydrogens (primary N) is 1. The summed E-state index contributed by atoms with van der Waals surface area (Å²) in [6.45, 7) is 2.03. The molecular weight excluding hydrogens is 344 g/mol. The van der Waals surface area contributed by atoms with Crippen molar-refractivity contribution >= 4 is 48.9 Å². The van der Waals surface area contributed by atoms with Crippen LogP contribution in [0.5, 0.6) is 0 Å². The van der Waals surface area contributed by atoms with Gasteiger partial charge in [-0.3, -0.25) is 0 Å². The average Bonchev–Trinajstić information content (AvgIpc) is 2.21. The molecule has 2 nitrogen and oxygen atoms in total. The Labute approximate surface area is 117 Å². The lowest BCUT2D eigenvalue weighted by Gasteiger charge is -2.10. The molecule has 0 unspecified atom stereocenters. The number of hydrogen-bond donors (Lipinski definition) is 2. The lowest BCUT2D eigenvalue weighted by Crippen LogP contribution is -1.94. The fraction of sp³-hybridized carbons (Fsp3) is 0.0769. The van der Waals surface area contributed by atoms with Gasteiger partial charge < -0.3 is 11.1 Å². The van der Waals surface area contributed by atoms with Gasteiger partial charge in [-0.1, -0.05) is 15.9 Å². The van der Waals surface area contributed by atoms with Gasteiger partial charge in [-0.15, -0.1) is 0 Å². The van der Waals surface area contributed by atoms with E-state index >= 15 is 0 Å². The Balaban J connectivity index is 2.31. The Morgan fingerprint density at radius 1 is 1.06 bits per heavy atom. The Morgan fingerprint density at radius 2 is 1.82 bits per heavy atom. The number of hydrogen-bond acceptors (Lipinski definition) is 2. The molecule has 2 aromatic rings. The van der Waals surface area contributed by atoms with Gasteiger partial charge >= 0.3 is 0 Å². The maximum absolute atomic E-state index is 5.82. The summed E-state index contributed by atoms with van der Waals surface area (Å²) in [7, 11) is 0. The van der Waals surface area contributed by atoms with Gasteiger partial charge in [-0.2, -0.15) is 0 Å². The van der Waals surface area contributed by atoms with Gasteiger partial charge in [-0.05, 0) is 64.8 Å². The van der Waals surface area contributed by atoms with Crippen LogP contribution in [-0.4, -0.2) is 0 Å². The number of rotatable bonds is 2. The highest BCUT2D eigenvalue weighted by atomic mass is 79.9. The number of nitrogen functional groups attached to an aromatic ring is 1. The number of halogens is 2. The second kappa shape index (κ2) is 5.10. The number of benzene rings is 2. The minimum absolute atomic E-state index is 0.765. The minimum atomic E-state index is 0.765. The van der Waals surface area contributed by atoms with Crippen LogP contribution in [0, 0.1) is 6.92 Å². The maximum atomic E-state index is 5.82. The van der Waals surface area contributed by atoms with Crippen molar-refractivity contribution in [1.29, 1.82) is 0 Å². The zero-order valence-corrected chi connectivity index (χ0v) is 12.5. The first-order chi connectivity index (χ1) is 8.04. The molecule has 0 aromatic heterocycles. The van der Waals surface area contributed by atoms with Crippen molar-refractivity contribution < 1.29 is 0 Å². The van der Waals surface area contributed by atoms with Gasteiger partial charge in [0.25, 0.3) is 0 Å². The first-order valence-electron chi connectivity index (χ1n) is 5.14. The molecule has 2 rings (SSSR count). The maximum Gasteiger partial charge on any atom is 0.0529 e. The van der Waals surface area contributed by atoms with E-state index in [2.05, 4.69) is 43.2 Å². The number of aryl methyl sites for hydroxylation is 1. The van der Waals surface area contributed by atoms with Crippen LogP contribution < -0.4 is 11.1 Å². The van der Waals surface area contributed by atoms with Crippen molar-refractivity contribution in [3.63, 3.8) is 0 Å². The smallest absolute Gasteiger partial charge is 0.0529 e. The summed E-state index contributed by atoms with van der Waals surface area (Å²) in [5.74, 6) is 0. The Hall–Kier alpha value is -1.000. The fourth-order valence-corrected chi connectivity index (χ4v) is 2.78. The minimum Gasteiger partial charge on any atom is -0.399 e. The summed E-state index contributed by atoms with van der Waals surface area (Å²) in [6, 6.07) is 11.9. The zero-order valence-electron chi connectivity index (χ0n) is 9.30. The largest absolute Gasteiger partial charge is 0.399 e. The van der Waals surface area contributed by atoms with Crippen LogP contribution in [0.1, 0.15) is 5.56 Å². The molecule has 4 heteroatoms. The van der Waals surface area contributed by atoms with E-state index in [4.69, 9.17) is 5.73 Å². The second-order valence-corrected chi connectivity index (χ2v) is 5.65. The standard InChI is InChI=1S/C13H12Br2N2/c1-8-4-10(16)7-11(5-8)17-13-3-2-9(14)6-12(13)15/h2-7,17H,16H2,1H3. The quantitative estimate of drug-likeness (QED) is 0.756. The van der Waals surface area contributed by atoms with Crippen LogP contribution in [0.3, 0.4) is 0 Å². The molecule has 0 aliphatic rings. The van der Waals surface area contributed by atoms with Crippen molar-refractivity contribution in [2.24, 2.45) is 0 Å². The van der Waals surface area contributed by atoms with Gasteiger partial charge in [-0.25, -0.2) is 0 Å². The molecule has 0 spiro atoms. The van der Waals surface area contributed by atoms with Crippen LogP contribution in [0.15, 0.2) is 45.3 Å². The third-order valence-electron chi connectivity index (χ3n) is 2.31. The second-order valence-electron chi connectivity index (χ2n) is 3.88. The van der Waals surface area contributed by atoms with Crippen molar-refractivity contribution in [2.75, 3.05) is 11.1 Å². The lowest BCUT2D eigenvalue weighted by molar-refractivity contribution is 1.44. The average molecular weight is 356 g/mol. The Kier molecular flexibility index (Phi) is 3.74. The van der Waals surface area contributed by atoms with E-state index in [-0.39, 0.29) is 0 Å². The highest BCUT2D eigenvalue weighted by Crippen LogP contribution is 2.29. The Bertz CT molecular complexity index is 533. The first-order valence-corrected chi connectivity index (χ1v) is 6.72. The molecular formula is C13H12Br2N2. The number of nitrogens with one attached hydrogen (secondary N) is 1. The van der Waals surface area contributed by atoms with Crippen LogP contribution >= 0.6 is 31.9 Å². The van der Waals surface area contributed by atoms with Gasteiger partial charge in [0.1, 0.15) is 0 Å². The summed E-state index contributed by atoms with van der Waals surface area (Å²) < 4.78 is 2.05. The zero-order chi connectivity index (χ0) is 12.4. The van der Waals surface area contributed by atoms with E-state index in [0.717, 1.165) is 31.6 Å². The molecule has 2 aromatic carbocycles. The SMILES string of the molecule is Cc1cc(N)cc(Nc2ccc(Br)cc2Br)c1. The van der Waals surface area contributed by atoms with E-state index in [0.29, 0.717) is 0 Å². The normalized spacial score (nSPS) is 10.3. The van der Waals surface area contributed by atoms with Gasteiger partial charge in [0.15, 0.2) is 0 Å². The molecule has 0 aliphatic carbocycles. The molecule has 88 valence electrons. The summed E-state index contributed by atoms with van der Waals surface area (Å²) in [4.78, 5) is 0. The van der Waals surface area contributed by atoms with E-state index < -0.39 is 0 Å². The summed E-state index contributed by atoms with van der Waals surface area (Å²) in [6.07, 6.45) is 0. The van der Waals surface area contributed by atoms with Crippen LogP contribution in [0.25, 0.3) is 0 Å². The fourth-order valence-electron chi connectivity index (χ4n) is 1.63. The van der Waals surface area contributed by atoms with Crippen molar-refractivity contribution in [3.8, 4) is 0 Å². The number of anilines is 3. The summed E-state index contributed by atoms with van der Waals surface area (Å²) >= 11 is 6.95.